The van der Waals surface area contributed by atoms with E-state index in [2.05, 4.69) is 0 Å². The molecule has 2 rings (SSSR count). The molecule has 0 aliphatic carbocycles. The van der Waals surface area contributed by atoms with Crippen molar-refractivity contribution in [2.24, 2.45) is 0 Å². The van der Waals surface area contributed by atoms with Gasteiger partial charge in [-0.3, -0.25) is 9.69 Å². The number of carbonyl (C=O) groups is 1. The number of alkyl halides is 1. The SMILES string of the molecule is CC(=O)N1c2ccccc2CC1Cl. The van der Waals surface area contributed by atoms with E-state index in [-0.39, 0.29) is 11.4 Å². The Labute approximate surface area is 82.1 Å². The normalized spacial score (nSPS) is 20.2. The van der Waals surface area contributed by atoms with Crippen LogP contribution in [0.1, 0.15) is 12.5 Å². The van der Waals surface area contributed by atoms with Crippen LogP contribution in [0.5, 0.6) is 0 Å². The molecule has 0 bridgehead atoms. The van der Waals surface area contributed by atoms with Crippen molar-refractivity contribution in [3.05, 3.63) is 29.8 Å². The molecule has 2 nitrogen and oxygen atoms in total. The van der Waals surface area contributed by atoms with Crippen molar-refractivity contribution in [1.29, 1.82) is 0 Å². The van der Waals surface area contributed by atoms with Crippen LogP contribution >= 0.6 is 11.6 Å². The minimum absolute atomic E-state index is 0.00458. The summed E-state index contributed by atoms with van der Waals surface area (Å²) in [5, 5.41) is 0. The van der Waals surface area contributed by atoms with Gasteiger partial charge in [0.2, 0.25) is 5.91 Å². The average molecular weight is 196 g/mol. The summed E-state index contributed by atoms with van der Waals surface area (Å²) < 4.78 is 0. The van der Waals surface area contributed by atoms with Gasteiger partial charge in [-0.25, -0.2) is 0 Å². The fourth-order valence-electron chi connectivity index (χ4n) is 1.71. The summed E-state index contributed by atoms with van der Waals surface area (Å²) in [6, 6.07) is 7.82. The maximum atomic E-state index is 11.3. The largest absolute Gasteiger partial charge is 0.295 e. The van der Waals surface area contributed by atoms with E-state index in [0.717, 1.165) is 17.7 Å². The highest BCUT2D eigenvalue weighted by atomic mass is 35.5. The molecule has 1 aliphatic heterocycles. The fraction of sp³-hybridized carbons (Fsp3) is 0.300. The fourth-order valence-corrected chi connectivity index (χ4v) is 2.12. The van der Waals surface area contributed by atoms with Crippen LogP contribution in [0.25, 0.3) is 0 Å². The highest BCUT2D eigenvalue weighted by molar-refractivity contribution is 6.25. The molecule has 1 amide bonds. The van der Waals surface area contributed by atoms with Gasteiger partial charge in [0.05, 0.1) is 0 Å². The van der Waals surface area contributed by atoms with Crippen molar-refractivity contribution in [3.63, 3.8) is 0 Å². The lowest BCUT2D eigenvalue weighted by Crippen LogP contribution is -2.31. The zero-order valence-electron chi connectivity index (χ0n) is 7.33. The molecule has 1 aromatic rings. The third-order valence-electron chi connectivity index (χ3n) is 2.26. The molecular weight excluding hydrogens is 186 g/mol. The summed E-state index contributed by atoms with van der Waals surface area (Å²) in [5.41, 5.74) is 1.89. The molecule has 1 aliphatic rings. The van der Waals surface area contributed by atoms with Crippen LogP contribution in [0.2, 0.25) is 0 Å². The van der Waals surface area contributed by atoms with Crippen molar-refractivity contribution in [2.75, 3.05) is 4.90 Å². The van der Waals surface area contributed by atoms with Gasteiger partial charge in [-0.15, -0.1) is 0 Å². The molecule has 0 spiro atoms. The van der Waals surface area contributed by atoms with E-state index in [9.17, 15) is 4.79 Å². The minimum atomic E-state index is -0.213. The number of halogens is 1. The third-order valence-corrected chi connectivity index (χ3v) is 2.61. The molecular formula is C10H10ClNO. The van der Waals surface area contributed by atoms with Gasteiger partial charge in [-0.1, -0.05) is 29.8 Å². The van der Waals surface area contributed by atoms with E-state index in [4.69, 9.17) is 11.6 Å². The minimum Gasteiger partial charge on any atom is -0.295 e. The van der Waals surface area contributed by atoms with Crippen LogP contribution in [0.3, 0.4) is 0 Å². The van der Waals surface area contributed by atoms with E-state index in [1.54, 1.807) is 4.90 Å². The van der Waals surface area contributed by atoms with E-state index in [1.165, 1.54) is 6.92 Å². The molecule has 0 aromatic heterocycles. The Kier molecular flexibility index (Phi) is 2.00. The summed E-state index contributed by atoms with van der Waals surface area (Å²) in [6.07, 6.45) is 0.747. The number of rotatable bonds is 0. The van der Waals surface area contributed by atoms with Crippen molar-refractivity contribution in [3.8, 4) is 0 Å². The van der Waals surface area contributed by atoms with Crippen LogP contribution in [-0.4, -0.2) is 11.4 Å². The number of fused-ring (bicyclic) bond motifs is 1. The van der Waals surface area contributed by atoms with Gasteiger partial charge >= 0.3 is 0 Å². The molecule has 1 heterocycles. The Morgan fingerprint density at radius 1 is 1.54 bits per heavy atom. The van der Waals surface area contributed by atoms with Crippen molar-refractivity contribution in [1.82, 2.24) is 0 Å². The number of hydrogen-bond donors (Lipinski definition) is 0. The Hall–Kier alpha value is -1.02. The number of benzene rings is 1. The molecule has 3 heteroatoms. The number of anilines is 1. The first-order valence-corrected chi connectivity index (χ1v) is 4.65. The number of hydrogen-bond acceptors (Lipinski definition) is 1. The van der Waals surface area contributed by atoms with Crippen molar-refractivity contribution in [2.45, 2.75) is 18.8 Å². The zero-order chi connectivity index (χ0) is 9.42. The Morgan fingerprint density at radius 2 is 2.23 bits per heavy atom. The zero-order valence-corrected chi connectivity index (χ0v) is 8.08. The van der Waals surface area contributed by atoms with Crippen LogP contribution < -0.4 is 4.90 Å². The summed E-state index contributed by atoms with van der Waals surface area (Å²) >= 11 is 6.04. The van der Waals surface area contributed by atoms with E-state index < -0.39 is 0 Å². The molecule has 1 atom stereocenters. The molecule has 1 unspecified atom stereocenters. The number of nitrogens with zero attached hydrogens (tertiary/aromatic N) is 1. The maximum Gasteiger partial charge on any atom is 0.225 e. The first-order chi connectivity index (χ1) is 6.20. The molecule has 0 N–H and O–H groups in total. The number of carbonyl (C=O) groups excluding carboxylic acids is 1. The maximum absolute atomic E-state index is 11.3. The molecule has 1 aromatic carbocycles. The lowest BCUT2D eigenvalue weighted by atomic mass is 10.2. The van der Waals surface area contributed by atoms with Gasteiger partial charge in [0.15, 0.2) is 0 Å². The van der Waals surface area contributed by atoms with Gasteiger partial charge in [0, 0.05) is 19.0 Å². The molecule has 0 saturated heterocycles. The first kappa shape index (κ1) is 8.57. The van der Waals surface area contributed by atoms with Gasteiger partial charge in [0.1, 0.15) is 5.50 Å². The summed E-state index contributed by atoms with van der Waals surface area (Å²) in [7, 11) is 0. The highest BCUT2D eigenvalue weighted by Gasteiger charge is 2.29. The second-order valence-electron chi connectivity index (χ2n) is 3.16. The third kappa shape index (κ3) is 1.31. The lowest BCUT2D eigenvalue weighted by Gasteiger charge is -2.18. The summed E-state index contributed by atoms with van der Waals surface area (Å²) in [5.74, 6) is 0.00458. The van der Waals surface area contributed by atoms with Crippen LogP contribution in [-0.2, 0) is 11.2 Å². The lowest BCUT2D eigenvalue weighted by molar-refractivity contribution is -0.116. The molecule has 0 radical (unpaired) electrons. The predicted octanol–water partition coefficient (Wildman–Crippen LogP) is 2.16. The predicted molar refractivity (Wildman–Crippen MR) is 52.9 cm³/mol. The first-order valence-electron chi connectivity index (χ1n) is 4.22. The monoisotopic (exact) mass is 195 g/mol. The van der Waals surface area contributed by atoms with Crippen LogP contribution in [0, 0.1) is 0 Å². The molecule has 68 valence electrons. The van der Waals surface area contributed by atoms with Gasteiger partial charge < -0.3 is 0 Å². The van der Waals surface area contributed by atoms with Crippen LogP contribution in [0.4, 0.5) is 5.69 Å². The van der Waals surface area contributed by atoms with E-state index in [0.29, 0.717) is 0 Å². The Balaban J connectivity index is 2.46. The second kappa shape index (κ2) is 3.04. The molecule has 0 saturated carbocycles. The van der Waals surface area contributed by atoms with Crippen LogP contribution in [0.15, 0.2) is 24.3 Å². The number of amides is 1. The quantitative estimate of drug-likeness (QED) is 0.459. The van der Waals surface area contributed by atoms with Gasteiger partial charge in [-0.05, 0) is 11.6 Å². The topological polar surface area (TPSA) is 20.3 Å². The number of para-hydroxylation sites is 1. The summed E-state index contributed by atoms with van der Waals surface area (Å²) in [6.45, 7) is 1.54. The highest BCUT2D eigenvalue weighted by Crippen LogP contribution is 2.33. The molecule has 0 fully saturated rings. The molecule has 13 heavy (non-hydrogen) atoms. The second-order valence-corrected chi connectivity index (χ2v) is 3.66. The Morgan fingerprint density at radius 3 is 2.92 bits per heavy atom. The van der Waals surface area contributed by atoms with E-state index >= 15 is 0 Å². The van der Waals surface area contributed by atoms with Crippen molar-refractivity contribution < 1.29 is 4.79 Å². The van der Waals surface area contributed by atoms with E-state index in [1.807, 2.05) is 24.3 Å². The smallest absolute Gasteiger partial charge is 0.225 e. The average Bonchev–Trinajstić information content (AvgIpc) is 2.39. The summed E-state index contributed by atoms with van der Waals surface area (Å²) in [4.78, 5) is 12.9. The van der Waals surface area contributed by atoms with Gasteiger partial charge in [-0.2, -0.15) is 0 Å². The van der Waals surface area contributed by atoms with Gasteiger partial charge in [0.25, 0.3) is 0 Å². The Bertz CT molecular complexity index is 351. The van der Waals surface area contributed by atoms with Crippen molar-refractivity contribution >= 4 is 23.2 Å². The standard InChI is InChI=1S/C10H10ClNO/c1-7(13)12-9-5-3-2-4-8(9)6-10(12)11/h2-5,10H,6H2,1H3.